The van der Waals surface area contributed by atoms with E-state index in [-0.39, 0.29) is 12.1 Å². The second-order valence-electron chi connectivity index (χ2n) is 4.83. The molecule has 0 aliphatic rings. The van der Waals surface area contributed by atoms with Crippen molar-refractivity contribution in [1.29, 1.82) is 0 Å². The van der Waals surface area contributed by atoms with Gasteiger partial charge < -0.3 is 9.84 Å². The van der Waals surface area contributed by atoms with Crippen molar-refractivity contribution in [2.24, 2.45) is 0 Å². The highest BCUT2D eigenvalue weighted by Gasteiger charge is 2.22. The number of rotatable bonds is 5. The van der Waals surface area contributed by atoms with E-state index in [2.05, 4.69) is 9.72 Å². The summed E-state index contributed by atoms with van der Waals surface area (Å²) in [5.41, 5.74) is 0.732. The smallest absolute Gasteiger partial charge is 0.356 e. The fourth-order valence-electron chi connectivity index (χ4n) is 1.36. The number of methoxy groups -OCH3 is 1. The number of pyridine rings is 1. The molecule has 0 atom stereocenters. The molecule has 18 heavy (non-hydrogen) atoms. The third-order valence-electron chi connectivity index (χ3n) is 3.02. The zero-order chi connectivity index (χ0) is 13.8. The molecule has 0 fully saturated rings. The van der Waals surface area contributed by atoms with Crippen LogP contribution in [0.2, 0.25) is 0 Å². The first kappa shape index (κ1) is 14.6. The van der Waals surface area contributed by atoms with Gasteiger partial charge in [0.2, 0.25) is 0 Å². The zero-order valence-electron chi connectivity index (χ0n) is 11.3. The Kier molecular flexibility index (Phi) is 4.81. The minimum Gasteiger partial charge on any atom is -0.464 e. The Bertz CT molecular complexity index is 418. The quantitative estimate of drug-likeness (QED) is 0.794. The molecule has 0 bridgehead atoms. The van der Waals surface area contributed by atoms with E-state index in [0.717, 1.165) is 5.69 Å². The summed E-state index contributed by atoms with van der Waals surface area (Å²) in [5, 5.41) is 9.29. The number of nitrogens with zero attached hydrogens (tertiary/aromatic N) is 2. The molecule has 5 nitrogen and oxygen atoms in total. The first-order chi connectivity index (χ1) is 8.40. The predicted molar refractivity (Wildman–Crippen MR) is 68.2 cm³/mol. The molecule has 0 radical (unpaired) electrons. The summed E-state index contributed by atoms with van der Waals surface area (Å²) in [6, 6.07) is 5.23. The van der Waals surface area contributed by atoms with Crippen molar-refractivity contribution in [2.75, 3.05) is 20.8 Å². The van der Waals surface area contributed by atoms with Crippen LogP contribution in [0.1, 0.15) is 30.0 Å². The van der Waals surface area contributed by atoms with Crippen LogP contribution < -0.4 is 0 Å². The highest BCUT2D eigenvalue weighted by atomic mass is 16.5. The average molecular weight is 252 g/mol. The summed E-state index contributed by atoms with van der Waals surface area (Å²) in [5.74, 6) is -0.444. The van der Waals surface area contributed by atoms with Gasteiger partial charge in [0.1, 0.15) is 5.69 Å². The van der Waals surface area contributed by atoms with Crippen molar-refractivity contribution in [1.82, 2.24) is 9.88 Å². The summed E-state index contributed by atoms with van der Waals surface area (Å²) in [6.45, 7) is 4.49. The molecule has 5 heteroatoms. The van der Waals surface area contributed by atoms with Gasteiger partial charge in [0, 0.05) is 12.1 Å². The molecule has 0 aliphatic heterocycles. The number of aliphatic hydroxyl groups is 1. The Morgan fingerprint density at radius 2 is 2.17 bits per heavy atom. The van der Waals surface area contributed by atoms with Gasteiger partial charge in [-0.3, -0.25) is 4.90 Å². The second kappa shape index (κ2) is 5.93. The standard InChI is InChI=1S/C13H20N2O3/c1-13(2,9-16)15(3)8-10-6-5-7-11(14-10)12(17)18-4/h5-7,16H,8-9H2,1-4H3. The van der Waals surface area contributed by atoms with Crippen molar-refractivity contribution >= 4 is 5.97 Å². The highest BCUT2D eigenvalue weighted by Crippen LogP contribution is 2.14. The van der Waals surface area contributed by atoms with Crippen LogP contribution in [0.15, 0.2) is 18.2 Å². The number of aliphatic hydroxyl groups excluding tert-OH is 1. The molecule has 0 spiro atoms. The number of aromatic nitrogens is 1. The maximum Gasteiger partial charge on any atom is 0.356 e. The number of hydrogen-bond acceptors (Lipinski definition) is 5. The zero-order valence-corrected chi connectivity index (χ0v) is 11.3. The Morgan fingerprint density at radius 1 is 1.50 bits per heavy atom. The molecule has 0 saturated heterocycles. The Labute approximate surface area is 107 Å². The van der Waals surface area contributed by atoms with Crippen LogP contribution >= 0.6 is 0 Å². The second-order valence-corrected chi connectivity index (χ2v) is 4.83. The molecule has 0 saturated carbocycles. The summed E-state index contributed by atoms with van der Waals surface area (Å²) < 4.78 is 4.63. The van der Waals surface area contributed by atoms with Crippen LogP contribution in [0.25, 0.3) is 0 Å². The van der Waals surface area contributed by atoms with E-state index in [1.165, 1.54) is 7.11 Å². The van der Waals surface area contributed by atoms with E-state index in [1.807, 2.05) is 31.9 Å². The van der Waals surface area contributed by atoms with Crippen molar-refractivity contribution in [2.45, 2.75) is 25.9 Å². The molecule has 0 aromatic carbocycles. The van der Waals surface area contributed by atoms with Gasteiger partial charge in [0.05, 0.1) is 19.4 Å². The summed E-state index contributed by atoms with van der Waals surface area (Å²) >= 11 is 0. The van der Waals surface area contributed by atoms with Crippen LogP contribution in [0, 0.1) is 0 Å². The molecule has 0 amide bonds. The van der Waals surface area contributed by atoms with E-state index < -0.39 is 5.97 Å². The van der Waals surface area contributed by atoms with Gasteiger partial charge in [-0.15, -0.1) is 0 Å². The molecule has 100 valence electrons. The fourth-order valence-corrected chi connectivity index (χ4v) is 1.36. The minimum absolute atomic E-state index is 0.0557. The molecule has 1 aromatic rings. The summed E-state index contributed by atoms with van der Waals surface area (Å²) in [7, 11) is 3.24. The van der Waals surface area contributed by atoms with Crippen molar-refractivity contribution in [3.05, 3.63) is 29.6 Å². The van der Waals surface area contributed by atoms with Crippen molar-refractivity contribution in [3.8, 4) is 0 Å². The summed E-state index contributed by atoms with van der Waals surface area (Å²) in [6.07, 6.45) is 0. The number of ether oxygens (including phenoxy) is 1. The van der Waals surface area contributed by atoms with E-state index in [1.54, 1.807) is 12.1 Å². The molecule has 1 aromatic heterocycles. The number of carbonyl (C=O) groups excluding carboxylic acids is 1. The molecule has 1 heterocycles. The largest absolute Gasteiger partial charge is 0.464 e. The van der Waals surface area contributed by atoms with Gasteiger partial charge in [0.25, 0.3) is 0 Å². The van der Waals surface area contributed by atoms with Gasteiger partial charge in [-0.1, -0.05) is 6.07 Å². The number of esters is 1. The fraction of sp³-hybridized carbons (Fsp3) is 0.538. The van der Waals surface area contributed by atoms with Crippen LogP contribution in [0.3, 0.4) is 0 Å². The van der Waals surface area contributed by atoms with Crippen LogP contribution in [0.5, 0.6) is 0 Å². The maximum atomic E-state index is 11.4. The normalized spacial score (nSPS) is 11.7. The van der Waals surface area contributed by atoms with Gasteiger partial charge in [-0.2, -0.15) is 0 Å². The maximum absolute atomic E-state index is 11.4. The lowest BCUT2D eigenvalue weighted by Crippen LogP contribution is -2.43. The van der Waals surface area contributed by atoms with Gasteiger partial charge in [-0.05, 0) is 33.0 Å². The lowest BCUT2D eigenvalue weighted by Gasteiger charge is -2.33. The van der Waals surface area contributed by atoms with Crippen molar-refractivity contribution in [3.63, 3.8) is 0 Å². The Balaban J connectivity index is 2.83. The van der Waals surface area contributed by atoms with E-state index in [0.29, 0.717) is 12.2 Å². The lowest BCUT2D eigenvalue weighted by molar-refractivity contribution is 0.0590. The molecule has 1 rings (SSSR count). The van der Waals surface area contributed by atoms with Gasteiger partial charge in [-0.25, -0.2) is 9.78 Å². The Morgan fingerprint density at radius 3 is 2.72 bits per heavy atom. The molecule has 1 N–H and O–H groups in total. The third kappa shape index (κ3) is 3.51. The molecule has 0 aliphatic carbocycles. The first-order valence-electron chi connectivity index (χ1n) is 5.77. The molecular weight excluding hydrogens is 232 g/mol. The monoisotopic (exact) mass is 252 g/mol. The van der Waals surface area contributed by atoms with Gasteiger partial charge in [0.15, 0.2) is 0 Å². The highest BCUT2D eigenvalue weighted by molar-refractivity contribution is 5.87. The first-order valence-corrected chi connectivity index (χ1v) is 5.77. The summed E-state index contributed by atoms with van der Waals surface area (Å²) in [4.78, 5) is 17.6. The topological polar surface area (TPSA) is 62.7 Å². The predicted octanol–water partition coefficient (Wildman–Crippen LogP) is 1.07. The molecular formula is C13H20N2O3. The van der Waals surface area contributed by atoms with Crippen LogP contribution in [-0.2, 0) is 11.3 Å². The number of hydrogen-bond donors (Lipinski definition) is 1. The molecule has 0 unspecified atom stereocenters. The van der Waals surface area contributed by atoms with Gasteiger partial charge >= 0.3 is 5.97 Å². The van der Waals surface area contributed by atoms with E-state index in [4.69, 9.17) is 0 Å². The van der Waals surface area contributed by atoms with E-state index >= 15 is 0 Å². The Hall–Kier alpha value is -1.46. The van der Waals surface area contributed by atoms with Crippen molar-refractivity contribution < 1.29 is 14.6 Å². The third-order valence-corrected chi connectivity index (χ3v) is 3.02. The van der Waals surface area contributed by atoms with E-state index in [9.17, 15) is 9.90 Å². The lowest BCUT2D eigenvalue weighted by atomic mass is 10.1. The minimum atomic E-state index is -0.444. The van der Waals surface area contributed by atoms with Crippen LogP contribution in [0.4, 0.5) is 0 Å². The SMILES string of the molecule is COC(=O)c1cccc(CN(C)C(C)(C)CO)n1. The van der Waals surface area contributed by atoms with Crippen LogP contribution in [-0.4, -0.2) is 47.3 Å². The number of likely N-dealkylation sites (N-methyl/N-ethyl adjacent to an activating group) is 1. The number of carbonyl (C=O) groups is 1. The average Bonchev–Trinajstić information content (AvgIpc) is 2.38.